The lowest BCUT2D eigenvalue weighted by Crippen LogP contribution is -2.43. The molecule has 2 aromatic rings. The number of fused-ring (bicyclic) bond motifs is 1. The van der Waals surface area contributed by atoms with Crippen molar-refractivity contribution in [2.75, 3.05) is 18.0 Å². The zero-order valence-electron chi connectivity index (χ0n) is 20.6. The third-order valence-electron chi connectivity index (χ3n) is 6.95. The Morgan fingerprint density at radius 1 is 1.19 bits per heavy atom. The van der Waals surface area contributed by atoms with Crippen molar-refractivity contribution in [3.05, 3.63) is 53.4 Å². The number of methoxy groups -OCH3 is 1. The van der Waals surface area contributed by atoms with Gasteiger partial charge in [-0.3, -0.25) is 9.10 Å². The number of allylic oxidation sites excluding steroid dienone is 1. The predicted octanol–water partition coefficient (Wildman–Crippen LogP) is 5.64. The lowest BCUT2D eigenvalue weighted by molar-refractivity contribution is -0.137. The van der Waals surface area contributed by atoms with E-state index in [-0.39, 0.29) is 30.0 Å². The first-order chi connectivity index (χ1) is 17.2. The summed E-state index contributed by atoms with van der Waals surface area (Å²) in [6.07, 6.45) is 7.48. The topological polar surface area (TPSA) is 93.1 Å². The second-order valence-corrected chi connectivity index (χ2v) is 11.3. The molecule has 36 heavy (non-hydrogen) atoms. The van der Waals surface area contributed by atoms with E-state index in [0.29, 0.717) is 17.4 Å². The van der Waals surface area contributed by atoms with Gasteiger partial charge in [-0.05, 0) is 61.9 Å². The summed E-state index contributed by atoms with van der Waals surface area (Å²) in [7, 11) is -2.85. The number of carbonyl (C=O) groups is 1. The molecular weight excluding hydrogens is 485 g/mol. The molecule has 0 amide bonds. The Hall–Kier alpha value is -3.07. The van der Waals surface area contributed by atoms with E-state index >= 15 is 0 Å². The van der Waals surface area contributed by atoms with Crippen molar-refractivity contribution < 1.29 is 32.2 Å². The van der Waals surface area contributed by atoms with E-state index in [4.69, 9.17) is 14.6 Å². The molecule has 7 nitrogen and oxygen atoms in total. The van der Waals surface area contributed by atoms with Crippen LogP contribution in [-0.4, -0.2) is 39.3 Å². The van der Waals surface area contributed by atoms with Crippen LogP contribution in [0.5, 0.6) is 11.5 Å². The average Bonchev–Trinajstić information content (AvgIpc) is 2.87. The van der Waals surface area contributed by atoms with Gasteiger partial charge in [-0.25, -0.2) is 12.8 Å². The third-order valence-corrected chi connectivity index (χ3v) is 8.72. The summed E-state index contributed by atoms with van der Waals surface area (Å²) in [4.78, 5) is 11.0. The molecule has 1 heterocycles. The summed E-state index contributed by atoms with van der Waals surface area (Å²) in [5, 5.41) is 9.11. The van der Waals surface area contributed by atoms with Crippen molar-refractivity contribution in [3.8, 4) is 11.5 Å². The van der Waals surface area contributed by atoms with Crippen molar-refractivity contribution in [2.45, 2.75) is 62.9 Å². The second-order valence-electron chi connectivity index (χ2n) is 9.46. The molecular formula is C27H32FNO6S. The zero-order chi connectivity index (χ0) is 25.9. The minimum atomic E-state index is -4.12. The normalized spacial score (nSPS) is 18.9. The van der Waals surface area contributed by atoms with Gasteiger partial charge in [-0.2, -0.15) is 0 Å². The molecule has 0 saturated heterocycles. The molecule has 1 atom stereocenters. The van der Waals surface area contributed by atoms with Crippen LogP contribution in [0.15, 0.2) is 46.9 Å². The molecule has 1 saturated carbocycles. The monoisotopic (exact) mass is 517 g/mol. The van der Waals surface area contributed by atoms with E-state index in [9.17, 15) is 17.6 Å². The summed E-state index contributed by atoms with van der Waals surface area (Å²) in [5.41, 5.74) is 2.50. The fraction of sp³-hybridized carbons (Fsp3) is 0.444. The number of hydrogen-bond acceptors (Lipinski definition) is 5. The number of anilines is 1. The van der Waals surface area contributed by atoms with Gasteiger partial charge in [-0.1, -0.05) is 37.0 Å². The molecule has 0 spiro atoms. The number of aliphatic carboxylic acids is 1. The van der Waals surface area contributed by atoms with E-state index in [2.05, 4.69) is 13.0 Å². The van der Waals surface area contributed by atoms with Gasteiger partial charge < -0.3 is 14.6 Å². The van der Waals surface area contributed by atoms with Crippen molar-refractivity contribution >= 4 is 27.8 Å². The number of carboxylic acids is 1. The first-order valence-corrected chi connectivity index (χ1v) is 13.7. The lowest BCUT2D eigenvalue weighted by Gasteiger charge is -2.35. The maximum atomic E-state index is 14.0. The summed E-state index contributed by atoms with van der Waals surface area (Å²) in [6, 6.07) is 8.82. The van der Waals surface area contributed by atoms with Crippen LogP contribution < -0.4 is 13.8 Å². The van der Waals surface area contributed by atoms with Crippen molar-refractivity contribution in [3.63, 3.8) is 0 Å². The molecule has 1 unspecified atom stereocenters. The maximum absolute atomic E-state index is 14.0. The highest BCUT2D eigenvalue weighted by atomic mass is 32.2. The largest absolute Gasteiger partial charge is 0.494 e. The molecule has 0 radical (unpaired) electrons. The number of sulfonamides is 1. The SMILES string of the molecule is COc1cc(S(=O)(=O)N2CC(CCC(=O)O)Oc3ccc(C=C(C)C4CCCCC4)cc32)ccc1F. The first-order valence-electron chi connectivity index (χ1n) is 12.3. The Labute approximate surface area is 211 Å². The lowest BCUT2D eigenvalue weighted by atomic mass is 9.84. The average molecular weight is 518 g/mol. The van der Waals surface area contributed by atoms with Crippen LogP contribution >= 0.6 is 0 Å². The number of carboxylic acid groups (broad SMARTS) is 1. The van der Waals surface area contributed by atoms with E-state index in [1.54, 1.807) is 12.1 Å². The van der Waals surface area contributed by atoms with Gasteiger partial charge in [0, 0.05) is 12.5 Å². The second kappa shape index (κ2) is 10.9. The van der Waals surface area contributed by atoms with Crippen molar-refractivity contribution in [1.82, 2.24) is 0 Å². The summed E-state index contributed by atoms with van der Waals surface area (Å²) >= 11 is 0. The van der Waals surface area contributed by atoms with Gasteiger partial charge >= 0.3 is 5.97 Å². The highest BCUT2D eigenvalue weighted by Crippen LogP contribution is 2.40. The summed E-state index contributed by atoms with van der Waals surface area (Å²) < 4.78 is 53.7. The van der Waals surface area contributed by atoms with Crippen LogP contribution in [0.25, 0.3) is 6.08 Å². The Morgan fingerprint density at radius 3 is 2.64 bits per heavy atom. The van der Waals surface area contributed by atoms with Crippen molar-refractivity contribution in [1.29, 1.82) is 0 Å². The molecule has 4 rings (SSSR count). The number of rotatable bonds is 8. The first kappa shape index (κ1) is 26.0. The van der Waals surface area contributed by atoms with Gasteiger partial charge in [0.25, 0.3) is 10.0 Å². The Morgan fingerprint density at radius 2 is 1.94 bits per heavy atom. The highest BCUT2D eigenvalue weighted by Gasteiger charge is 2.35. The molecule has 0 bridgehead atoms. The van der Waals surface area contributed by atoms with Gasteiger partial charge in [-0.15, -0.1) is 0 Å². The van der Waals surface area contributed by atoms with Gasteiger partial charge in [0.1, 0.15) is 11.9 Å². The summed E-state index contributed by atoms with van der Waals surface area (Å²) in [6.45, 7) is 2.06. The number of hydrogen-bond donors (Lipinski definition) is 1. The van der Waals surface area contributed by atoms with E-state index in [1.165, 1.54) is 42.3 Å². The van der Waals surface area contributed by atoms with E-state index < -0.39 is 27.9 Å². The molecule has 2 aromatic carbocycles. The van der Waals surface area contributed by atoms with Crippen LogP contribution in [0, 0.1) is 11.7 Å². The maximum Gasteiger partial charge on any atom is 0.303 e. The Bertz CT molecular complexity index is 1250. The molecule has 1 fully saturated rings. The quantitative estimate of drug-likeness (QED) is 0.487. The molecule has 1 aliphatic heterocycles. The zero-order valence-corrected chi connectivity index (χ0v) is 21.4. The molecule has 194 valence electrons. The standard InChI is InChI=1S/C27H32FNO6S/c1-18(20-6-4-3-5-7-20)14-19-8-12-25-24(15-19)29(17-21(35-25)9-13-27(30)31)36(32,33)22-10-11-23(28)26(16-22)34-2/h8,10-12,14-16,20-21H,3-7,9,13,17H2,1-2H3,(H,30,31). The minimum Gasteiger partial charge on any atom is -0.494 e. The molecule has 2 aliphatic rings. The summed E-state index contributed by atoms with van der Waals surface area (Å²) in [5.74, 6) is -0.934. The Balaban J connectivity index is 1.73. The number of halogens is 1. The Kier molecular flexibility index (Phi) is 7.88. The van der Waals surface area contributed by atoms with Crippen LogP contribution in [-0.2, 0) is 14.8 Å². The van der Waals surface area contributed by atoms with Gasteiger partial charge in [0.15, 0.2) is 11.6 Å². The van der Waals surface area contributed by atoms with Crippen LogP contribution in [0.4, 0.5) is 10.1 Å². The number of benzene rings is 2. The molecule has 1 aliphatic carbocycles. The fourth-order valence-electron chi connectivity index (χ4n) is 4.95. The number of ether oxygens (including phenoxy) is 2. The van der Waals surface area contributed by atoms with Crippen LogP contribution in [0.1, 0.15) is 57.4 Å². The van der Waals surface area contributed by atoms with Crippen LogP contribution in [0.2, 0.25) is 0 Å². The van der Waals surface area contributed by atoms with E-state index in [0.717, 1.165) is 30.5 Å². The van der Waals surface area contributed by atoms with E-state index in [1.807, 2.05) is 6.07 Å². The molecule has 9 heteroatoms. The third kappa shape index (κ3) is 5.67. The van der Waals surface area contributed by atoms with Crippen LogP contribution in [0.3, 0.4) is 0 Å². The predicted molar refractivity (Wildman–Crippen MR) is 135 cm³/mol. The minimum absolute atomic E-state index is 0.0585. The van der Waals surface area contributed by atoms with Crippen molar-refractivity contribution in [2.24, 2.45) is 5.92 Å². The molecule has 1 N–H and O–H groups in total. The smallest absolute Gasteiger partial charge is 0.303 e. The molecule has 0 aromatic heterocycles. The number of nitrogens with zero attached hydrogens (tertiary/aromatic N) is 1. The fourth-order valence-corrected chi connectivity index (χ4v) is 6.46. The van der Waals surface area contributed by atoms with Gasteiger partial charge in [0.05, 0.1) is 24.2 Å². The highest BCUT2D eigenvalue weighted by molar-refractivity contribution is 7.92. The van der Waals surface area contributed by atoms with Gasteiger partial charge in [0.2, 0.25) is 0 Å².